The topological polar surface area (TPSA) is 67.9 Å². The molecule has 6 nitrogen and oxygen atoms in total. The Balaban J connectivity index is 1.81. The van der Waals surface area contributed by atoms with Crippen molar-refractivity contribution >= 4 is 11.8 Å². The molecule has 202 valence electrons. The van der Waals surface area contributed by atoms with Gasteiger partial charge in [0.1, 0.15) is 17.5 Å². The maximum absolute atomic E-state index is 13.7. The minimum absolute atomic E-state index is 0.0115. The van der Waals surface area contributed by atoms with Gasteiger partial charge in [-0.2, -0.15) is 0 Å². The molecular weight excluding hydrogens is 476 g/mol. The first-order valence-electron chi connectivity index (χ1n) is 13.4. The first-order valence-corrected chi connectivity index (χ1v) is 13.4. The maximum Gasteiger partial charge on any atom is 0.243 e. The fourth-order valence-corrected chi connectivity index (χ4v) is 4.15. The van der Waals surface area contributed by atoms with Gasteiger partial charge in [0.25, 0.3) is 0 Å². The standard InChI is InChI=1S/C32H40N2O4/c1-5-25(3)33-32(36)30(22-26-11-7-6-8-12-26)34(23-27-13-9-14-29(21-27)37-4)31(35)15-10-20-38-28-18-16-24(2)17-19-28/h6-9,11-14,16-19,21,25,30H,5,10,15,20,22-23H2,1-4H3,(H,33,36)/t25-,30+/m0/s1. The molecule has 2 amide bonds. The molecule has 6 heteroatoms. The number of amides is 2. The van der Waals surface area contributed by atoms with Crippen LogP contribution < -0.4 is 14.8 Å². The van der Waals surface area contributed by atoms with Crippen LogP contribution in [-0.2, 0) is 22.6 Å². The van der Waals surface area contributed by atoms with E-state index in [0.717, 1.165) is 23.3 Å². The summed E-state index contributed by atoms with van der Waals surface area (Å²) < 4.78 is 11.2. The zero-order valence-electron chi connectivity index (χ0n) is 23.0. The van der Waals surface area contributed by atoms with Gasteiger partial charge >= 0.3 is 0 Å². The summed E-state index contributed by atoms with van der Waals surface area (Å²) in [6.45, 7) is 6.77. The van der Waals surface area contributed by atoms with Gasteiger partial charge in [-0.05, 0) is 62.1 Å². The SMILES string of the molecule is CC[C@H](C)NC(=O)[C@@H](Cc1ccccc1)N(Cc1cccc(OC)c1)C(=O)CCCOc1ccc(C)cc1. The van der Waals surface area contributed by atoms with Crippen molar-refractivity contribution in [1.82, 2.24) is 10.2 Å². The van der Waals surface area contributed by atoms with E-state index in [1.54, 1.807) is 12.0 Å². The predicted octanol–water partition coefficient (Wildman–Crippen LogP) is 5.72. The van der Waals surface area contributed by atoms with Crippen molar-refractivity contribution in [2.45, 2.75) is 65.1 Å². The normalized spacial score (nSPS) is 12.3. The molecule has 0 fully saturated rings. The molecule has 0 aliphatic carbocycles. The van der Waals surface area contributed by atoms with Crippen LogP contribution in [0, 0.1) is 6.92 Å². The Bertz CT molecular complexity index is 1150. The van der Waals surface area contributed by atoms with E-state index < -0.39 is 6.04 Å². The average Bonchev–Trinajstić information content (AvgIpc) is 2.94. The summed E-state index contributed by atoms with van der Waals surface area (Å²) in [4.78, 5) is 29.0. The highest BCUT2D eigenvalue weighted by Crippen LogP contribution is 2.20. The largest absolute Gasteiger partial charge is 0.497 e. The Labute approximate surface area is 227 Å². The summed E-state index contributed by atoms with van der Waals surface area (Å²) in [5.74, 6) is 1.27. The van der Waals surface area contributed by atoms with Crippen LogP contribution in [0.2, 0.25) is 0 Å². The number of nitrogens with zero attached hydrogens (tertiary/aromatic N) is 1. The van der Waals surface area contributed by atoms with Crippen LogP contribution in [0.5, 0.6) is 11.5 Å². The van der Waals surface area contributed by atoms with Crippen molar-refractivity contribution in [3.8, 4) is 11.5 Å². The maximum atomic E-state index is 13.7. The van der Waals surface area contributed by atoms with Crippen molar-refractivity contribution in [3.05, 3.63) is 95.6 Å². The lowest BCUT2D eigenvalue weighted by Crippen LogP contribution is -2.52. The third-order valence-electron chi connectivity index (χ3n) is 6.58. The van der Waals surface area contributed by atoms with Gasteiger partial charge in [-0.25, -0.2) is 0 Å². The minimum atomic E-state index is -0.650. The lowest BCUT2D eigenvalue weighted by molar-refractivity contribution is -0.141. The second-order valence-corrected chi connectivity index (χ2v) is 9.66. The molecule has 0 saturated carbocycles. The number of ether oxygens (including phenoxy) is 2. The Hall–Kier alpha value is -3.80. The Kier molecular flexibility index (Phi) is 11.2. The monoisotopic (exact) mass is 516 g/mol. The highest BCUT2D eigenvalue weighted by Gasteiger charge is 2.30. The van der Waals surface area contributed by atoms with Gasteiger partial charge in [-0.1, -0.05) is 67.1 Å². The van der Waals surface area contributed by atoms with Gasteiger partial charge in [0.05, 0.1) is 13.7 Å². The van der Waals surface area contributed by atoms with Gasteiger partial charge in [-0.15, -0.1) is 0 Å². The van der Waals surface area contributed by atoms with Crippen LogP contribution in [0.3, 0.4) is 0 Å². The lowest BCUT2D eigenvalue weighted by atomic mass is 10.0. The number of carbonyl (C=O) groups excluding carboxylic acids is 2. The van der Waals surface area contributed by atoms with E-state index in [1.165, 1.54) is 5.56 Å². The number of methoxy groups -OCH3 is 1. The van der Waals surface area contributed by atoms with Gasteiger partial charge in [0, 0.05) is 25.4 Å². The summed E-state index contributed by atoms with van der Waals surface area (Å²) >= 11 is 0. The van der Waals surface area contributed by atoms with E-state index in [-0.39, 0.29) is 24.3 Å². The zero-order chi connectivity index (χ0) is 27.3. The van der Waals surface area contributed by atoms with Gasteiger partial charge < -0.3 is 19.7 Å². The number of carbonyl (C=O) groups is 2. The summed E-state index contributed by atoms with van der Waals surface area (Å²) in [7, 11) is 1.62. The first-order chi connectivity index (χ1) is 18.4. The number of aryl methyl sites for hydroxylation is 1. The number of nitrogens with one attached hydrogen (secondary N) is 1. The molecule has 3 rings (SSSR count). The summed E-state index contributed by atoms with van der Waals surface area (Å²) in [5, 5.41) is 3.10. The Morgan fingerprint density at radius 3 is 2.32 bits per heavy atom. The van der Waals surface area contributed by atoms with Crippen molar-refractivity contribution < 1.29 is 19.1 Å². The number of rotatable bonds is 14. The van der Waals surface area contributed by atoms with E-state index in [0.29, 0.717) is 31.7 Å². The quantitative estimate of drug-likeness (QED) is 0.278. The van der Waals surface area contributed by atoms with E-state index in [4.69, 9.17) is 9.47 Å². The predicted molar refractivity (Wildman–Crippen MR) is 151 cm³/mol. The van der Waals surface area contributed by atoms with Crippen LogP contribution >= 0.6 is 0 Å². The van der Waals surface area contributed by atoms with E-state index >= 15 is 0 Å². The molecule has 0 radical (unpaired) electrons. The molecule has 0 heterocycles. The highest BCUT2D eigenvalue weighted by atomic mass is 16.5. The van der Waals surface area contributed by atoms with Gasteiger partial charge in [0.15, 0.2) is 0 Å². The fraction of sp³-hybridized carbons (Fsp3) is 0.375. The molecule has 1 N–H and O–H groups in total. The van der Waals surface area contributed by atoms with E-state index in [2.05, 4.69) is 5.32 Å². The molecule has 0 bridgehead atoms. The smallest absolute Gasteiger partial charge is 0.243 e. The zero-order valence-corrected chi connectivity index (χ0v) is 23.0. The summed E-state index contributed by atoms with van der Waals surface area (Å²) in [6, 6.07) is 24.7. The van der Waals surface area contributed by atoms with Crippen molar-refractivity contribution in [3.63, 3.8) is 0 Å². The molecule has 0 aliphatic heterocycles. The molecule has 0 unspecified atom stereocenters. The molecule has 0 aliphatic rings. The average molecular weight is 517 g/mol. The van der Waals surface area contributed by atoms with Crippen LogP contribution in [0.15, 0.2) is 78.9 Å². The number of hydrogen-bond donors (Lipinski definition) is 1. The Morgan fingerprint density at radius 1 is 0.921 bits per heavy atom. The van der Waals surface area contributed by atoms with Crippen LogP contribution in [0.4, 0.5) is 0 Å². The van der Waals surface area contributed by atoms with Crippen molar-refractivity contribution in [1.29, 1.82) is 0 Å². The third kappa shape index (κ3) is 8.94. The Morgan fingerprint density at radius 2 is 1.63 bits per heavy atom. The summed E-state index contributed by atoms with van der Waals surface area (Å²) in [6.07, 6.45) is 2.06. The fourth-order valence-electron chi connectivity index (χ4n) is 4.15. The van der Waals surface area contributed by atoms with Crippen LogP contribution in [0.1, 0.15) is 49.8 Å². The minimum Gasteiger partial charge on any atom is -0.497 e. The molecule has 0 spiro atoms. The third-order valence-corrected chi connectivity index (χ3v) is 6.58. The molecule has 0 aromatic heterocycles. The van der Waals surface area contributed by atoms with Crippen LogP contribution in [-0.4, -0.2) is 42.5 Å². The molecule has 0 saturated heterocycles. The van der Waals surface area contributed by atoms with E-state index in [9.17, 15) is 9.59 Å². The highest BCUT2D eigenvalue weighted by molar-refractivity contribution is 5.88. The second-order valence-electron chi connectivity index (χ2n) is 9.66. The second kappa shape index (κ2) is 14.8. The first kappa shape index (κ1) is 28.8. The van der Waals surface area contributed by atoms with Gasteiger partial charge in [0.2, 0.25) is 11.8 Å². The van der Waals surface area contributed by atoms with E-state index in [1.807, 2.05) is 99.6 Å². The molecule has 38 heavy (non-hydrogen) atoms. The molecule has 3 aromatic carbocycles. The number of hydrogen-bond acceptors (Lipinski definition) is 4. The molecule has 3 aromatic rings. The summed E-state index contributed by atoms with van der Waals surface area (Å²) in [5.41, 5.74) is 3.08. The van der Waals surface area contributed by atoms with Crippen LogP contribution in [0.25, 0.3) is 0 Å². The van der Waals surface area contributed by atoms with Gasteiger partial charge in [-0.3, -0.25) is 9.59 Å². The van der Waals surface area contributed by atoms with Crippen molar-refractivity contribution in [2.24, 2.45) is 0 Å². The lowest BCUT2D eigenvalue weighted by Gasteiger charge is -2.32. The molecular formula is C32H40N2O4. The number of benzene rings is 3. The van der Waals surface area contributed by atoms with Crippen molar-refractivity contribution in [2.75, 3.05) is 13.7 Å². The molecule has 2 atom stereocenters.